The van der Waals surface area contributed by atoms with E-state index in [0.29, 0.717) is 0 Å². The molecule has 22 heavy (non-hydrogen) atoms. The maximum atomic E-state index is 13.0. The first-order valence-corrected chi connectivity index (χ1v) is 8.79. The van der Waals surface area contributed by atoms with Crippen molar-refractivity contribution in [3.63, 3.8) is 0 Å². The highest BCUT2D eigenvalue weighted by Gasteiger charge is 2.14. The van der Waals surface area contributed by atoms with Crippen LogP contribution in [-0.4, -0.2) is 49.6 Å². The first kappa shape index (κ1) is 15.7. The first-order valence-electron chi connectivity index (χ1n) is 7.91. The number of halogens is 1. The predicted molar refractivity (Wildman–Crippen MR) is 91.2 cm³/mol. The molecule has 0 spiro atoms. The van der Waals surface area contributed by atoms with Crippen LogP contribution in [0.1, 0.15) is 16.0 Å². The van der Waals surface area contributed by atoms with E-state index in [0.717, 1.165) is 19.4 Å². The van der Waals surface area contributed by atoms with Crippen molar-refractivity contribution >= 4 is 11.3 Å². The number of hydrogen-bond donors (Lipinski definition) is 0. The van der Waals surface area contributed by atoms with Crippen LogP contribution in [0.5, 0.6) is 0 Å². The van der Waals surface area contributed by atoms with Crippen molar-refractivity contribution in [1.82, 2.24) is 9.80 Å². The topological polar surface area (TPSA) is 6.48 Å². The fraction of sp³-hybridized carbons (Fsp3) is 0.444. The SMILES string of the molecule is CN1CCN(CCc2ccsc2Cc2ccc(F)cc2)CC1. The number of likely N-dealkylation sites (N-methyl/N-ethyl adjacent to an activating group) is 1. The van der Waals surface area contributed by atoms with Crippen LogP contribution < -0.4 is 0 Å². The highest BCUT2D eigenvalue weighted by atomic mass is 32.1. The second-order valence-electron chi connectivity index (χ2n) is 6.07. The van der Waals surface area contributed by atoms with Gasteiger partial charge in [-0.15, -0.1) is 11.3 Å². The van der Waals surface area contributed by atoms with Gasteiger partial charge >= 0.3 is 0 Å². The lowest BCUT2D eigenvalue weighted by molar-refractivity contribution is 0.155. The minimum atomic E-state index is -0.162. The molecule has 2 nitrogen and oxygen atoms in total. The van der Waals surface area contributed by atoms with Gasteiger partial charge in [-0.2, -0.15) is 0 Å². The maximum absolute atomic E-state index is 13.0. The largest absolute Gasteiger partial charge is 0.304 e. The highest BCUT2D eigenvalue weighted by molar-refractivity contribution is 7.10. The second kappa shape index (κ2) is 7.36. The van der Waals surface area contributed by atoms with Gasteiger partial charge in [0.1, 0.15) is 5.82 Å². The summed E-state index contributed by atoms with van der Waals surface area (Å²) in [7, 11) is 2.19. The zero-order valence-electron chi connectivity index (χ0n) is 13.1. The second-order valence-corrected chi connectivity index (χ2v) is 7.07. The minimum Gasteiger partial charge on any atom is -0.304 e. The fourth-order valence-corrected chi connectivity index (χ4v) is 3.85. The molecule has 0 N–H and O–H groups in total. The predicted octanol–water partition coefficient (Wildman–Crippen LogP) is 3.27. The lowest BCUT2D eigenvalue weighted by Gasteiger charge is -2.32. The van der Waals surface area contributed by atoms with E-state index in [-0.39, 0.29) is 5.82 Å². The van der Waals surface area contributed by atoms with E-state index in [1.165, 1.54) is 42.2 Å². The molecule has 1 saturated heterocycles. The Morgan fingerprint density at radius 1 is 1.05 bits per heavy atom. The molecule has 4 heteroatoms. The molecule has 0 bridgehead atoms. The summed E-state index contributed by atoms with van der Waals surface area (Å²) in [6.45, 7) is 5.83. The van der Waals surface area contributed by atoms with E-state index in [1.54, 1.807) is 12.1 Å². The number of rotatable bonds is 5. The molecular weight excluding hydrogens is 295 g/mol. The van der Waals surface area contributed by atoms with Crippen molar-refractivity contribution in [2.45, 2.75) is 12.8 Å². The Balaban J connectivity index is 1.56. The molecule has 3 rings (SSSR count). The van der Waals surface area contributed by atoms with Gasteiger partial charge in [0.05, 0.1) is 0 Å². The summed E-state index contributed by atoms with van der Waals surface area (Å²) in [6.07, 6.45) is 2.03. The maximum Gasteiger partial charge on any atom is 0.123 e. The molecule has 1 aliphatic rings. The van der Waals surface area contributed by atoms with E-state index < -0.39 is 0 Å². The Morgan fingerprint density at radius 2 is 1.77 bits per heavy atom. The van der Waals surface area contributed by atoms with Crippen LogP contribution in [0.3, 0.4) is 0 Å². The Bertz CT molecular complexity index is 585. The lowest BCUT2D eigenvalue weighted by Crippen LogP contribution is -2.45. The molecule has 1 aromatic carbocycles. The van der Waals surface area contributed by atoms with E-state index in [2.05, 4.69) is 28.3 Å². The summed E-state index contributed by atoms with van der Waals surface area (Å²) in [5.74, 6) is -0.162. The molecule has 118 valence electrons. The van der Waals surface area contributed by atoms with Crippen LogP contribution in [0.2, 0.25) is 0 Å². The van der Waals surface area contributed by atoms with Crippen molar-refractivity contribution in [2.24, 2.45) is 0 Å². The van der Waals surface area contributed by atoms with Crippen molar-refractivity contribution in [3.8, 4) is 0 Å². The molecule has 2 aromatic rings. The summed E-state index contributed by atoms with van der Waals surface area (Å²) >= 11 is 1.82. The van der Waals surface area contributed by atoms with E-state index >= 15 is 0 Å². The van der Waals surface area contributed by atoms with Gasteiger partial charge in [0.25, 0.3) is 0 Å². The zero-order chi connectivity index (χ0) is 15.4. The van der Waals surface area contributed by atoms with E-state index in [4.69, 9.17) is 0 Å². The van der Waals surface area contributed by atoms with Crippen LogP contribution in [0.25, 0.3) is 0 Å². The molecular formula is C18H23FN2S. The number of benzene rings is 1. The van der Waals surface area contributed by atoms with Crippen LogP contribution in [0.4, 0.5) is 4.39 Å². The van der Waals surface area contributed by atoms with Gasteiger partial charge in [0.15, 0.2) is 0 Å². The van der Waals surface area contributed by atoms with E-state index in [1.807, 2.05) is 23.5 Å². The van der Waals surface area contributed by atoms with Crippen LogP contribution in [-0.2, 0) is 12.8 Å². The smallest absolute Gasteiger partial charge is 0.123 e. The zero-order valence-corrected chi connectivity index (χ0v) is 13.9. The molecule has 1 aliphatic heterocycles. The molecule has 0 amide bonds. The van der Waals surface area contributed by atoms with Gasteiger partial charge in [-0.1, -0.05) is 12.1 Å². The van der Waals surface area contributed by atoms with Gasteiger partial charge in [-0.25, -0.2) is 4.39 Å². The standard InChI is InChI=1S/C18H23FN2S/c1-20-9-11-21(12-10-20)8-6-16-7-13-22-18(16)14-15-2-4-17(19)5-3-15/h2-5,7,13H,6,8-12,14H2,1H3. The van der Waals surface area contributed by atoms with Crippen molar-refractivity contribution in [1.29, 1.82) is 0 Å². The summed E-state index contributed by atoms with van der Waals surface area (Å²) < 4.78 is 13.0. The summed E-state index contributed by atoms with van der Waals surface area (Å²) in [5, 5.41) is 2.18. The third-order valence-electron chi connectivity index (χ3n) is 4.41. The minimum absolute atomic E-state index is 0.162. The Kier molecular flexibility index (Phi) is 5.24. The Morgan fingerprint density at radius 3 is 2.50 bits per heavy atom. The van der Waals surface area contributed by atoms with Gasteiger partial charge in [0.2, 0.25) is 0 Å². The molecule has 0 atom stereocenters. The number of nitrogens with zero attached hydrogens (tertiary/aromatic N) is 2. The normalized spacial score (nSPS) is 17.0. The van der Waals surface area contributed by atoms with Crippen molar-refractivity contribution in [3.05, 3.63) is 57.5 Å². The number of piperazine rings is 1. The van der Waals surface area contributed by atoms with Crippen LogP contribution in [0.15, 0.2) is 35.7 Å². The number of thiophene rings is 1. The van der Waals surface area contributed by atoms with Crippen LogP contribution >= 0.6 is 11.3 Å². The van der Waals surface area contributed by atoms with Gasteiger partial charge in [-0.05, 0) is 48.2 Å². The first-order chi connectivity index (χ1) is 10.7. The molecule has 0 unspecified atom stereocenters. The lowest BCUT2D eigenvalue weighted by atomic mass is 10.1. The molecule has 0 radical (unpaired) electrons. The molecule has 1 aromatic heterocycles. The summed E-state index contributed by atoms with van der Waals surface area (Å²) in [5.41, 5.74) is 2.64. The van der Waals surface area contributed by atoms with Gasteiger partial charge in [-0.3, -0.25) is 0 Å². The highest BCUT2D eigenvalue weighted by Crippen LogP contribution is 2.22. The Labute approximate surface area is 136 Å². The number of hydrogen-bond acceptors (Lipinski definition) is 3. The molecule has 2 heterocycles. The monoisotopic (exact) mass is 318 g/mol. The third kappa shape index (κ3) is 4.15. The molecule has 0 saturated carbocycles. The van der Waals surface area contributed by atoms with E-state index in [9.17, 15) is 4.39 Å². The third-order valence-corrected chi connectivity index (χ3v) is 5.37. The summed E-state index contributed by atoms with van der Waals surface area (Å²) in [6, 6.07) is 9.12. The molecule has 1 fully saturated rings. The average molecular weight is 318 g/mol. The quantitative estimate of drug-likeness (QED) is 0.835. The van der Waals surface area contributed by atoms with Gasteiger partial charge in [0, 0.05) is 44.0 Å². The molecule has 0 aliphatic carbocycles. The van der Waals surface area contributed by atoms with Crippen molar-refractivity contribution < 1.29 is 4.39 Å². The summed E-state index contributed by atoms with van der Waals surface area (Å²) in [4.78, 5) is 6.36. The van der Waals surface area contributed by atoms with Crippen molar-refractivity contribution in [2.75, 3.05) is 39.8 Å². The fourth-order valence-electron chi connectivity index (χ4n) is 2.88. The van der Waals surface area contributed by atoms with Crippen LogP contribution in [0, 0.1) is 5.82 Å². The van der Waals surface area contributed by atoms with Gasteiger partial charge < -0.3 is 9.80 Å². The average Bonchev–Trinajstić information content (AvgIpc) is 2.96. The Hall–Kier alpha value is -1.23.